The summed E-state index contributed by atoms with van der Waals surface area (Å²) in [5.41, 5.74) is -0.499. The molecule has 2 rings (SSSR count). The molecule has 0 aliphatic rings. The minimum atomic E-state index is -4.41. The number of unbranched alkanes of at least 4 members (excludes halogenated alkanes) is 1. The van der Waals surface area contributed by atoms with E-state index in [0.29, 0.717) is 29.1 Å². The summed E-state index contributed by atoms with van der Waals surface area (Å²) in [7, 11) is 1.42. The zero-order chi connectivity index (χ0) is 22.7. The van der Waals surface area contributed by atoms with Crippen LogP contribution in [0.3, 0.4) is 0 Å². The summed E-state index contributed by atoms with van der Waals surface area (Å²) in [6.07, 6.45) is -2.79. The monoisotopic (exact) mass is 533 g/mol. The highest BCUT2D eigenvalue weighted by atomic mass is 127. The fourth-order valence-corrected chi connectivity index (χ4v) is 4.02. The van der Waals surface area contributed by atoms with Crippen molar-refractivity contribution in [2.45, 2.75) is 52.1 Å². The Morgan fingerprint density at radius 1 is 1.13 bits per heavy atom. The normalized spacial score (nSPS) is 12.0. The van der Waals surface area contributed by atoms with Gasteiger partial charge in [0.1, 0.15) is 5.75 Å². The van der Waals surface area contributed by atoms with E-state index in [-0.39, 0.29) is 11.5 Å². The number of carbonyl (C=O) groups is 1. The number of amides is 1. The fraction of sp³-hybridized carbons (Fsp3) is 0.435. The zero-order valence-corrected chi connectivity index (χ0v) is 20.0. The van der Waals surface area contributed by atoms with Gasteiger partial charge in [0.2, 0.25) is 0 Å². The van der Waals surface area contributed by atoms with E-state index in [0.717, 1.165) is 30.3 Å². The molecule has 0 N–H and O–H groups in total. The van der Waals surface area contributed by atoms with Gasteiger partial charge in [-0.2, -0.15) is 13.2 Å². The van der Waals surface area contributed by atoms with Gasteiger partial charge < -0.3 is 9.64 Å². The van der Waals surface area contributed by atoms with Crippen LogP contribution in [-0.2, 0) is 5.41 Å². The molecule has 0 radical (unpaired) electrons. The standard InChI is InChI=1S/C23H27F3INO2/c1-6-7-14-28(21(29)16-10-8-9-11-18(16)27)19-13-12-17(15(2)20(19)30-5)22(3,4)23(24,25)26/h8-13H,6-7,14H2,1-5H3. The largest absolute Gasteiger partial charge is 0.494 e. The molecular weight excluding hydrogens is 506 g/mol. The lowest BCUT2D eigenvalue weighted by Crippen LogP contribution is -2.37. The summed E-state index contributed by atoms with van der Waals surface area (Å²) in [6, 6.07) is 10.3. The average Bonchev–Trinajstić information content (AvgIpc) is 2.67. The third kappa shape index (κ3) is 4.76. The number of benzene rings is 2. The molecule has 0 fully saturated rings. The molecule has 2 aromatic carbocycles. The summed E-state index contributed by atoms with van der Waals surface area (Å²) in [5.74, 6) is 0.0919. The maximum atomic E-state index is 13.6. The van der Waals surface area contributed by atoms with E-state index in [1.54, 1.807) is 30.0 Å². The first-order valence-corrected chi connectivity index (χ1v) is 10.9. The molecule has 7 heteroatoms. The molecule has 0 saturated heterocycles. The van der Waals surface area contributed by atoms with Crippen LogP contribution in [0.25, 0.3) is 0 Å². The van der Waals surface area contributed by atoms with Crippen molar-refractivity contribution in [2.24, 2.45) is 0 Å². The SMILES string of the molecule is CCCCN(C(=O)c1ccccc1I)c1ccc(C(C)(C)C(F)(F)F)c(C)c1OC. The highest BCUT2D eigenvalue weighted by Gasteiger charge is 2.49. The first-order valence-electron chi connectivity index (χ1n) is 9.78. The molecule has 0 heterocycles. The van der Waals surface area contributed by atoms with Gasteiger partial charge in [-0.25, -0.2) is 0 Å². The predicted octanol–water partition coefficient (Wildman–Crippen LogP) is 6.90. The van der Waals surface area contributed by atoms with Crippen LogP contribution in [0.5, 0.6) is 5.75 Å². The van der Waals surface area contributed by atoms with Gasteiger partial charge in [-0.3, -0.25) is 4.79 Å². The molecule has 0 spiro atoms. The number of halogens is 4. The smallest absolute Gasteiger partial charge is 0.397 e. The molecule has 0 aromatic heterocycles. The Morgan fingerprint density at radius 3 is 2.30 bits per heavy atom. The van der Waals surface area contributed by atoms with Crippen molar-refractivity contribution in [3.8, 4) is 5.75 Å². The van der Waals surface area contributed by atoms with Crippen LogP contribution >= 0.6 is 22.6 Å². The van der Waals surface area contributed by atoms with Gasteiger partial charge in [0.25, 0.3) is 5.91 Å². The Labute approximate surface area is 189 Å². The van der Waals surface area contributed by atoms with Crippen molar-refractivity contribution in [1.29, 1.82) is 0 Å². The summed E-state index contributed by atoms with van der Waals surface area (Å²) in [6.45, 7) is 6.38. The van der Waals surface area contributed by atoms with Gasteiger partial charge in [-0.15, -0.1) is 0 Å². The van der Waals surface area contributed by atoms with Crippen molar-refractivity contribution >= 4 is 34.2 Å². The number of methoxy groups -OCH3 is 1. The second-order valence-electron chi connectivity index (χ2n) is 7.70. The lowest BCUT2D eigenvalue weighted by Gasteiger charge is -2.32. The van der Waals surface area contributed by atoms with E-state index >= 15 is 0 Å². The van der Waals surface area contributed by atoms with Crippen molar-refractivity contribution in [3.05, 3.63) is 56.7 Å². The average molecular weight is 533 g/mol. The first kappa shape index (κ1) is 24.5. The maximum absolute atomic E-state index is 13.6. The van der Waals surface area contributed by atoms with Gasteiger partial charge >= 0.3 is 6.18 Å². The van der Waals surface area contributed by atoms with Crippen molar-refractivity contribution < 1.29 is 22.7 Å². The molecule has 164 valence electrons. The number of nitrogens with zero attached hydrogens (tertiary/aromatic N) is 1. The zero-order valence-electron chi connectivity index (χ0n) is 17.9. The van der Waals surface area contributed by atoms with Crippen LogP contribution in [0.4, 0.5) is 18.9 Å². The Bertz CT molecular complexity index is 910. The lowest BCUT2D eigenvalue weighted by atomic mass is 9.81. The predicted molar refractivity (Wildman–Crippen MR) is 123 cm³/mol. The molecule has 0 saturated carbocycles. The number of ether oxygens (including phenoxy) is 1. The molecule has 0 bridgehead atoms. The Balaban J connectivity index is 2.63. The topological polar surface area (TPSA) is 29.5 Å². The van der Waals surface area contributed by atoms with E-state index < -0.39 is 11.6 Å². The third-order valence-corrected chi connectivity index (χ3v) is 6.29. The number of hydrogen-bond donors (Lipinski definition) is 0. The molecule has 0 unspecified atom stereocenters. The molecule has 0 aliphatic carbocycles. The highest BCUT2D eigenvalue weighted by molar-refractivity contribution is 14.1. The number of carbonyl (C=O) groups excluding carboxylic acids is 1. The van der Waals surface area contributed by atoms with Gasteiger partial charge in [-0.05, 0) is 79.1 Å². The molecule has 3 nitrogen and oxygen atoms in total. The van der Waals surface area contributed by atoms with Crippen molar-refractivity contribution in [3.63, 3.8) is 0 Å². The molecule has 1 amide bonds. The fourth-order valence-electron chi connectivity index (χ4n) is 3.41. The van der Waals surface area contributed by atoms with Crippen LogP contribution in [-0.4, -0.2) is 25.7 Å². The molecule has 2 aromatic rings. The van der Waals surface area contributed by atoms with Crippen LogP contribution in [0.2, 0.25) is 0 Å². The number of rotatable bonds is 7. The Hall–Kier alpha value is -1.77. The van der Waals surface area contributed by atoms with Crippen LogP contribution < -0.4 is 9.64 Å². The molecule has 0 atom stereocenters. The van der Waals surface area contributed by atoms with Crippen LogP contribution in [0.15, 0.2) is 36.4 Å². The van der Waals surface area contributed by atoms with E-state index in [9.17, 15) is 18.0 Å². The number of anilines is 1. The van der Waals surface area contributed by atoms with E-state index in [1.807, 2.05) is 19.1 Å². The summed E-state index contributed by atoms with van der Waals surface area (Å²) < 4.78 is 47.3. The second-order valence-corrected chi connectivity index (χ2v) is 8.87. The maximum Gasteiger partial charge on any atom is 0.397 e. The number of hydrogen-bond acceptors (Lipinski definition) is 2. The quantitative estimate of drug-likeness (QED) is 0.363. The minimum absolute atomic E-state index is 0.132. The minimum Gasteiger partial charge on any atom is -0.494 e. The third-order valence-electron chi connectivity index (χ3n) is 5.35. The Kier molecular flexibility index (Phi) is 7.82. The molecule has 30 heavy (non-hydrogen) atoms. The lowest BCUT2D eigenvalue weighted by molar-refractivity contribution is -0.180. The summed E-state index contributed by atoms with van der Waals surface area (Å²) in [5, 5.41) is 0. The van der Waals surface area contributed by atoms with Crippen molar-refractivity contribution in [2.75, 3.05) is 18.6 Å². The van der Waals surface area contributed by atoms with E-state index in [1.165, 1.54) is 13.2 Å². The van der Waals surface area contributed by atoms with Crippen LogP contribution in [0, 0.1) is 10.5 Å². The van der Waals surface area contributed by atoms with Gasteiger partial charge in [-0.1, -0.05) is 31.5 Å². The number of alkyl halides is 3. The van der Waals surface area contributed by atoms with Gasteiger partial charge in [0, 0.05) is 10.1 Å². The Morgan fingerprint density at radius 2 is 1.77 bits per heavy atom. The van der Waals surface area contributed by atoms with Gasteiger partial charge in [0.05, 0.1) is 23.8 Å². The van der Waals surface area contributed by atoms with E-state index in [4.69, 9.17) is 4.74 Å². The second kappa shape index (κ2) is 9.58. The highest BCUT2D eigenvalue weighted by Crippen LogP contribution is 2.46. The van der Waals surface area contributed by atoms with Crippen molar-refractivity contribution in [1.82, 2.24) is 0 Å². The van der Waals surface area contributed by atoms with Crippen LogP contribution in [0.1, 0.15) is 55.1 Å². The van der Waals surface area contributed by atoms with E-state index in [2.05, 4.69) is 22.6 Å². The molecular formula is C23H27F3INO2. The molecule has 0 aliphatic heterocycles. The summed E-state index contributed by atoms with van der Waals surface area (Å²) >= 11 is 2.11. The summed E-state index contributed by atoms with van der Waals surface area (Å²) in [4.78, 5) is 15.0. The first-order chi connectivity index (χ1) is 14.0. The van der Waals surface area contributed by atoms with Gasteiger partial charge in [0.15, 0.2) is 0 Å².